The summed E-state index contributed by atoms with van der Waals surface area (Å²) in [4.78, 5) is 13.6. The molecule has 110 valence electrons. The van der Waals surface area contributed by atoms with Gasteiger partial charge in [-0.25, -0.2) is 0 Å². The third kappa shape index (κ3) is 3.44. The van der Waals surface area contributed by atoms with Crippen molar-refractivity contribution in [3.63, 3.8) is 0 Å². The zero-order valence-electron chi connectivity index (χ0n) is 11.9. The fraction of sp³-hybridized carbons (Fsp3) is 0.533. The van der Waals surface area contributed by atoms with Gasteiger partial charge in [0, 0.05) is 24.8 Å². The Kier molecular flexibility index (Phi) is 5.26. The van der Waals surface area contributed by atoms with Crippen molar-refractivity contribution in [1.82, 2.24) is 5.32 Å². The quantitative estimate of drug-likeness (QED) is 0.877. The Morgan fingerprint density at radius 1 is 1.55 bits per heavy atom. The molecule has 0 aromatic heterocycles. The van der Waals surface area contributed by atoms with E-state index in [1.165, 1.54) is 12.8 Å². The molecule has 1 fully saturated rings. The van der Waals surface area contributed by atoms with Crippen LogP contribution in [-0.2, 0) is 0 Å². The Morgan fingerprint density at radius 3 is 2.90 bits per heavy atom. The van der Waals surface area contributed by atoms with Crippen molar-refractivity contribution in [2.24, 2.45) is 5.73 Å². The fourth-order valence-electron chi connectivity index (χ4n) is 2.75. The normalized spacial score (nSPS) is 18.8. The number of benzene rings is 1. The second-order valence-corrected chi connectivity index (χ2v) is 5.63. The summed E-state index contributed by atoms with van der Waals surface area (Å²) < 4.78 is 0. The monoisotopic (exact) mass is 295 g/mol. The van der Waals surface area contributed by atoms with Crippen LogP contribution in [-0.4, -0.2) is 31.6 Å². The van der Waals surface area contributed by atoms with Gasteiger partial charge in [0.25, 0.3) is 0 Å². The summed E-state index contributed by atoms with van der Waals surface area (Å²) in [6.07, 6.45) is 3.45. The molecule has 0 bridgehead atoms. The number of rotatable bonds is 5. The lowest BCUT2D eigenvalue weighted by atomic mass is 10.0. The summed E-state index contributed by atoms with van der Waals surface area (Å²) in [5.41, 5.74) is 6.74. The predicted octanol–water partition coefficient (Wildman–Crippen LogP) is 2.41. The number of nitrogens with one attached hydrogen (secondary N) is 1. The molecule has 1 heterocycles. The number of hydrogen-bond acceptors (Lipinski definition) is 3. The second-order valence-electron chi connectivity index (χ2n) is 5.22. The van der Waals surface area contributed by atoms with E-state index >= 15 is 0 Å². The van der Waals surface area contributed by atoms with E-state index in [0.29, 0.717) is 16.6 Å². The van der Waals surface area contributed by atoms with Crippen molar-refractivity contribution in [2.75, 3.05) is 24.5 Å². The fourth-order valence-corrected chi connectivity index (χ4v) is 3.01. The maximum atomic E-state index is 11.2. The Hall–Kier alpha value is -1.26. The van der Waals surface area contributed by atoms with Crippen molar-refractivity contribution in [1.29, 1.82) is 0 Å². The molecule has 0 spiro atoms. The van der Waals surface area contributed by atoms with E-state index in [0.717, 1.165) is 31.7 Å². The van der Waals surface area contributed by atoms with Gasteiger partial charge in [-0.05, 0) is 44.0 Å². The summed E-state index contributed by atoms with van der Waals surface area (Å²) >= 11 is 6.16. The van der Waals surface area contributed by atoms with E-state index < -0.39 is 5.91 Å². The molecule has 0 radical (unpaired) electrons. The average Bonchev–Trinajstić information content (AvgIpc) is 2.45. The number of primary amides is 1. The number of halogens is 1. The minimum Gasteiger partial charge on any atom is -0.367 e. The van der Waals surface area contributed by atoms with E-state index in [1.807, 2.05) is 12.1 Å². The Labute approximate surface area is 125 Å². The molecule has 1 amide bonds. The summed E-state index contributed by atoms with van der Waals surface area (Å²) in [5.74, 6) is -0.483. The van der Waals surface area contributed by atoms with Gasteiger partial charge in [-0.2, -0.15) is 0 Å². The summed E-state index contributed by atoms with van der Waals surface area (Å²) in [6, 6.07) is 6.00. The van der Waals surface area contributed by atoms with Crippen LogP contribution in [0.25, 0.3) is 0 Å². The van der Waals surface area contributed by atoms with Crippen LogP contribution < -0.4 is 16.0 Å². The van der Waals surface area contributed by atoms with Crippen LogP contribution in [0.1, 0.15) is 36.5 Å². The largest absolute Gasteiger partial charge is 0.367 e. The third-order valence-electron chi connectivity index (χ3n) is 3.73. The summed E-state index contributed by atoms with van der Waals surface area (Å²) in [6.45, 7) is 5.24. The van der Waals surface area contributed by atoms with Crippen molar-refractivity contribution in [3.8, 4) is 0 Å². The molecule has 1 aliphatic heterocycles. The van der Waals surface area contributed by atoms with Crippen LogP contribution in [0.15, 0.2) is 18.2 Å². The maximum Gasteiger partial charge on any atom is 0.250 e. The molecular formula is C15H22ClN3O. The summed E-state index contributed by atoms with van der Waals surface area (Å²) in [5, 5.41) is 3.87. The molecule has 3 N–H and O–H groups in total. The predicted molar refractivity (Wildman–Crippen MR) is 83.5 cm³/mol. The minimum absolute atomic E-state index is 0.383. The van der Waals surface area contributed by atoms with Gasteiger partial charge in [-0.15, -0.1) is 0 Å². The van der Waals surface area contributed by atoms with Gasteiger partial charge in [-0.3, -0.25) is 4.79 Å². The molecule has 0 saturated carbocycles. The molecule has 4 nitrogen and oxygen atoms in total. The molecule has 0 aliphatic carbocycles. The van der Waals surface area contributed by atoms with Gasteiger partial charge in [-0.1, -0.05) is 18.5 Å². The van der Waals surface area contributed by atoms with Crippen molar-refractivity contribution >= 4 is 23.2 Å². The molecule has 1 saturated heterocycles. The highest BCUT2D eigenvalue weighted by Gasteiger charge is 2.21. The van der Waals surface area contributed by atoms with Gasteiger partial charge >= 0.3 is 0 Å². The number of nitrogens with zero attached hydrogens (tertiary/aromatic N) is 1. The number of piperidine rings is 1. The molecule has 1 aliphatic rings. The van der Waals surface area contributed by atoms with E-state index in [-0.39, 0.29) is 0 Å². The van der Waals surface area contributed by atoms with Gasteiger partial charge < -0.3 is 16.0 Å². The average molecular weight is 296 g/mol. The number of anilines is 1. The number of amides is 1. The van der Waals surface area contributed by atoms with E-state index in [1.54, 1.807) is 6.07 Å². The van der Waals surface area contributed by atoms with Crippen LogP contribution in [0.3, 0.4) is 0 Å². The highest BCUT2D eigenvalue weighted by Crippen LogP contribution is 2.26. The van der Waals surface area contributed by atoms with Crippen molar-refractivity contribution < 1.29 is 4.79 Å². The van der Waals surface area contributed by atoms with Gasteiger partial charge in [0.1, 0.15) is 0 Å². The van der Waals surface area contributed by atoms with E-state index in [2.05, 4.69) is 17.1 Å². The first-order chi connectivity index (χ1) is 9.63. The first-order valence-electron chi connectivity index (χ1n) is 7.20. The smallest absolute Gasteiger partial charge is 0.250 e. The van der Waals surface area contributed by atoms with E-state index in [4.69, 9.17) is 17.3 Å². The van der Waals surface area contributed by atoms with Crippen LogP contribution >= 0.6 is 11.6 Å². The van der Waals surface area contributed by atoms with Gasteiger partial charge in [0.2, 0.25) is 5.91 Å². The highest BCUT2D eigenvalue weighted by molar-refractivity contribution is 6.34. The Morgan fingerprint density at radius 2 is 2.35 bits per heavy atom. The highest BCUT2D eigenvalue weighted by atomic mass is 35.5. The molecule has 1 aromatic rings. The second kappa shape index (κ2) is 6.95. The van der Waals surface area contributed by atoms with E-state index in [9.17, 15) is 4.79 Å². The zero-order valence-corrected chi connectivity index (χ0v) is 12.6. The summed E-state index contributed by atoms with van der Waals surface area (Å²) in [7, 11) is 0. The van der Waals surface area contributed by atoms with Crippen LogP contribution in [0.4, 0.5) is 5.69 Å². The van der Waals surface area contributed by atoms with Crippen LogP contribution in [0.5, 0.6) is 0 Å². The maximum absolute atomic E-state index is 11.2. The Balaban J connectivity index is 2.24. The lowest BCUT2D eigenvalue weighted by molar-refractivity contribution is 0.100. The zero-order chi connectivity index (χ0) is 14.5. The SMILES string of the molecule is CCCN(c1ccc(C(N)=O)c(Cl)c1)C1CCCNC1. The lowest BCUT2D eigenvalue weighted by Gasteiger charge is -2.36. The van der Waals surface area contributed by atoms with Gasteiger partial charge in [0.05, 0.1) is 10.6 Å². The molecule has 20 heavy (non-hydrogen) atoms. The molecular weight excluding hydrogens is 274 g/mol. The lowest BCUT2D eigenvalue weighted by Crippen LogP contribution is -2.46. The van der Waals surface area contributed by atoms with Gasteiger partial charge in [0.15, 0.2) is 0 Å². The number of carbonyl (C=O) groups excluding carboxylic acids is 1. The number of hydrogen-bond donors (Lipinski definition) is 2. The number of carbonyl (C=O) groups is 1. The molecule has 1 unspecified atom stereocenters. The molecule has 1 atom stereocenters. The number of nitrogens with two attached hydrogens (primary N) is 1. The molecule has 5 heteroatoms. The Bertz CT molecular complexity index is 472. The van der Waals surface area contributed by atoms with Crippen LogP contribution in [0, 0.1) is 0 Å². The van der Waals surface area contributed by atoms with Crippen LogP contribution in [0.2, 0.25) is 5.02 Å². The van der Waals surface area contributed by atoms with Crippen molar-refractivity contribution in [2.45, 2.75) is 32.2 Å². The van der Waals surface area contributed by atoms with Crippen molar-refractivity contribution in [3.05, 3.63) is 28.8 Å². The standard InChI is InChI=1S/C15H22ClN3O/c1-2-8-19(12-4-3-7-18-10-12)11-5-6-13(15(17)20)14(16)9-11/h5-6,9,12,18H,2-4,7-8,10H2,1H3,(H2,17,20). The first kappa shape index (κ1) is 15.1. The minimum atomic E-state index is -0.483. The third-order valence-corrected chi connectivity index (χ3v) is 4.04. The topological polar surface area (TPSA) is 58.4 Å². The molecule has 2 rings (SSSR count). The molecule has 1 aromatic carbocycles. The first-order valence-corrected chi connectivity index (χ1v) is 7.58.